The first-order valence-corrected chi connectivity index (χ1v) is 7.26. The van der Waals surface area contributed by atoms with Crippen molar-refractivity contribution in [2.24, 2.45) is 0 Å². The lowest BCUT2D eigenvalue weighted by atomic mass is 10.2. The van der Waals surface area contributed by atoms with Crippen molar-refractivity contribution in [1.29, 1.82) is 0 Å². The van der Waals surface area contributed by atoms with Crippen molar-refractivity contribution in [3.8, 4) is 0 Å². The van der Waals surface area contributed by atoms with Gasteiger partial charge < -0.3 is 0 Å². The van der Waals surface area contributed by atoms with Crippen LogP contribution < -0.4 is 4.57 Å². The molecule has 1 heterocycles. The number of nitrogens with one attached hydrogen (secondary N) is 1. The van der Waals surface area contributed by atoms with Gasteiger partial charge in [0.2, 0.25) is 6.33 Å². The van der Waals surface area contributed by atoms with E-state index in [1.165, 1.54) is 14.8 Å². The molecule has 0 fully saturated rings. The van der Waals surface area contributed by atoms with E-state index < -0.39 is 0 Å². The maximum atomic E-state index is 5.73. The molecular formula is C13H15ClIN2+. The number of H-pyrrole nitrogens is 1. The summed E-state index contributed by atoms with van der Waals surface area (Å²) in [6.45, 7) is 0.915. The van der Waals surface area contributed by atoms with Crippen molar-refractivity contribution in [2.45, 2.75) is 19.4 Å². The van der Waals surface area contributed by atoms with E-state index in [4.69, 9.17) is 11.6 Å². The molecule has 1 aromatic heterocycles. The summed E-state index contributed by atoms with van der Waals surface area (Å²) in [7, 11) is 0. The van der Waals surface area contributed by atoms with Crippen LogP contribution in [0.1, 0.15) is 17.7 Å². The number of nitrogens with zero attached hydrogens (tertiary/aromatic N) is 1. The second-order valence-electron chi connectivity index (χ2n) is 3.98. The zero-order chi connectivity index (χ0) is 12.1. The van der Waals surface area contributed by atoms with Gasteiger partial charge in [-0.1, -0.05) is 12.1 Å². The van der Waals surface area contributed by atoms with Gasteiger partial charge in [0.15, 0.2) is 0 Å². The molecule has 0 spiro atoms. The summed E-state index contributed by atoms with van der Waals surface area (Å²) >= 11 is 8.05. The number of halogens is 2. The van der Waals surface area contributed by atoms with E-state index in [0.717, 1.165) is 19.4 Å². The summed E-state index contributed by atoms with van der Waals surface area (Å²) in [5, 5.41) is 0. The molecule has 0 aliphatic heterocycles. The molecule has 0 bridgehead atoms. The smallest absolute Gasteiger partial charge is 0.242 e. The fourth-order valence-electron chi connectivity index (χ4n) is 1.79. The number of hydrogen-bond acceptors (Lipinski definition) is 0. The first kappa shape index (κ1) is 12.9. The Morgan fingerprint density at radius 2 is 2.00 bits per heavy atom. The van der Waals surface area contributed by atoms with Crippen LogP contribution in [-0.4, -0.2) is 10.9 Å². The largest absolute Gasteiger partial charge is 0.250 e. The van der Waals surface area contributed by atoms with Crippen LogP contribution in [0.4, 0.5) is 0 Å². The minimum Gasteiger partial charge on any atom is -0.250 e. The van der Waals surface area contributed by atoms with Gasteiger partial charge in [0, 0.05) is 15.9 Å². The second kappa shape index (κ2) is 6.40. The highest BCUT2D eigenvalue weighted by Crippen LogP contribution is 2.07. The molecule has 0 amide bonds. The van der Waals surface area contributed by atoms with E-state index in [1.54, 1.807) is 0 Å². The highest BCUT2D eigenvalue weighted by Gasteiger charge is 2.09. The Bertz CT molecular complexity index is 465. The summed E-state index contributed by atoms with van der Waals surface area (Å²) in [5.74, 6) is 0.717. The minimum atomic E-state index is 0.717. The number of rotatable bonds is 5. The molecular weight excluding hydrogens is 347 g/mol. The van der Waals surface area contributed by atoms with Crippen molar-refractivity contribution in [1.82, 2.24) is 4.98 Å². The van der Waals surface area contributed by atoms with Gasteiger partial charge in [0.25, 0.3) is 0 Å². The predicted molar refractivity (Wildman–Crippen MR) is 78.3 cm³/mol. The van der Waals surface area contributed by atoms with Crippen LogP contribution in [-0.2, 0) is 13.0 Å². The average molecular weight is 362 g/mol. The van der Waals surface area contributed by atoms with E-state index in [9.17, 15) is 0 Å². The van der Waals surface area contributed by atoms with Crippen molar-refractivity contribution < 1.29 is 4.57 Å². The topological polar surface area (TPSA) is 19.7 Å². The predicted octanol–water partition coefficient (Wildman–Crippen LogP) is 3.13. The van der Waals surface area contributed by atoms with Crippen LogP contribution in [0.15, 0.2) is 36.8 Å². The zero-order valence-electron chi connectivity index (χ0n) is 9.50. The lowest BCUT2D eigenvalue weighted by Gasteiger charge is -2.02. The molecule has 0 aliphatic carbocycles. The van der Waals surface area contributed by atoms with Gasteiger partial charge in [0.1, 0.15) is 18.4 Å². The lowest BCUT2D eigenvalue weighted by molar-refractivity contribution is -0.694. The summed E-state index contributed by atoms with van der Waals surface area (Å²) < 4.78 is 3.52. The van der Waals surface area contributed by atoms with Crippen molar-refractivity contribution >= 4 is 34.2 Å². The fourth-order valence-corrected chi connectivity index (χ4v) is 2.28. The molecule has 0 aliphatic rings. The number of imidazole rings is 1. The Kier molecular flexibility index (Phi) is 4.86. The second-order valence-corrected chi connectivity index (χ2v) is 5.60. The van der Waals surface area contributed by atoms with Crippen LogP contribution in [0.3, 0.4) is 0 Å². The van der Waals surface area contributed by atoms with Crippen molar-refractivity contribution in [3.63, 3.8) is 0 Å². The van der Waals surface area contributed by atoms with Gasteiger partial charge in [0.05, 0.1) is 0 Å². The number of aromatic amines is 1. The Morgan fingerprint density at radius 1 is 1.24 bits per heavy atom. The number of hydrogen-bond donors (Lipinski definition) is 1. The highest BCUT2D eigenvalue weighted by atomic mass is 127. The molecule has 90 valence electrons. The first-order valence-electron chi connectivity index (χ1n) is 5.65. The lowest BCUT2D eigenvalue weighted by Crippen LogP contribution is -2.36. The van der Waals surface area contributed by atoms with E-state index in [-0.39, 0.29) is 0 Å². The first-order chi connectivity index (χ1) is 8.29. The molecule has 0 saturated carbocycles. The number of aromatic nitrogens is 2. The molecule has 2 nitrogen and oxygen atoms in total. The third-order valence-electron chi connectivity index (χ3n) is 2.68. The number of aryl methyl sites for hydroxylation is 1. The maximum absolute atomic E-state index is 5.73. The molecule has 0 radical (unpaired) electrons. The highest BCUT2D eigenvalue weighted by molar-refractivity contribution is 14.1. The SMILES string of the molecule is ClCCCc1c[nH]c[n+]1Cc1ccc(I)cc1. The average Bonchev–Trinajstić information content (AvgIpc) is 2.77. The van der Waals surface area contributed by atoms with Crippen LogP contribution >= 0.6 is 34.2 Å². The fraction of sp³-hybridized carbons (Fsp3) is 0.308. The van der Waals surface area contributed by atoms with E-state index in [2.05, 4.69) is 62.6 Å². The third kappa shape index (κ3) is 3.71. The third-order valence-corrected chi connectivity index (χ3v) is 3.67. The quantitative estimate of drug-likeness (QED) is 0.480. The maximum Gasteiger partial charge on any atom is 0.242 e. The molecule has 1 N–H and O–H groups in total. The van der Waals surface area contributed by atoms with E-state index in [1.807, 2.05) is 6.33 Å². The van der Waals surface area contributed by atoms with Gasteiger partial charge in [-0.05, 0) is 46.7 Å². The number of benzene rings is 1. The number of alkyl halides is 1. The van der Waals surface area contributed by atoms with E-state index >= 15 is 0 Å². The molecule has 0 saturated heterocycles. The summed E-state index contributed by atoms with van der Waals surface area (Å²) in [6, 6.07) is 8.63. The summed E-state index contributed by atoms with van der Waals surface area (Å²) in [6.07, 6.45) is 6.12. The van der Waals surface area contributed by atoms with Crippen LogP contribution in [0.25, 0.3) is 0 Å². The van der Waals surface area contributed by atoms with Crippen molar-refractivity contribution in [3.05, 3.63) is 51.6 Å². The minimum absolute atomic E-state index is 0.717. The zero-order valence-corrected chi connectivity index (χ0v) is 12.4. The molecule has 17 heavy (non-hydrogen) atoms. The van der Waals surface area contributed by atoms with Crippen LogP contribution in [0.5, 0.6) is 0 Å². The Hall–Kier alpha value is -0.550. The summed E-state index contributed by atoms with van der Waals surface area (Å²) in [4.78, 5) is 3.16. The molecule has 4 heteroatoms. The standard InChI is InChI=1S/C13H14ClIN2/c14-7-1-2-13-8-16-10-17(13)9-11-3-5-12(15)6-4-11/h3-6,8,10H,1-2,7,9H2/p+1. The van der Waals surface area contributed by atoms with Crippen molar-refractivity contribution in [2.75, 3.05) is 5.88 Å². The molecule has 1 aromatic carbocycles. The summed E-state index contributed by atoms with van der Waals surface area (Å²) in [5.41, 5.74) is 2.63. The molecule has 0 atom stereocenters. The van der Waals surface area contributed by atoms with Gasteiger partial charge in [-0.3, -0.25) is 0 Å². The Labute approximate surface area is 120 Å². The van der Waals surface area contributed by atoms with Gasteiger partial charge in [-0.2, -0.15) is 0 Å². The van der Waals surface area contributed by atoms with Gasteiger partial charge >= 0.3 is 0 Å². The van der Waals surface area contributed by atoms with Crippen LogP contribution in [0, 0.1) is 3.57 Å². The van der Waals surface area contributed by atoms with Crippen LogP contribution in [0.2, 0.25) is 0 Å². The Balaban J connectivity index is 2.07. The van der Waals surface area contributed by atoms with Gasteiger partial charge in [-0.25, -0.2) is 9.55 Å². The normalized spacial score (nSPS) is 10.7. The molecule has 0 unspecified atom stereocenters. The van der Waals surface area contributed by atoms with Gasteiger partial charge in [-0.15, -0.1) is 11.6 Å². The molecule has 2 rings (SSSR count). The van der Waals surface area contributed by atoms with E-state index in [0.29, 0.717) is 5.88 Å². The Morgan fingerprint density at radius 3 is 2.71 bits per heavy atom. The molecule has 2 aromatic rings. The monoisotopic (exact) mass is 361 g/mol.